The van der Waals surface area contributed by atoms with E-state index in [1.54, 1.807) is 24.3 Å². The number of halogens is 1. The van der Waals surface area contributed by atoms with E-state index >= 15 is 0 Å². The number of hydrogen-bond acceptors (Lipinski definition) is 3. The molecular weight excluding hydrogens is 295 g/mol. The number of benzene rings is 1. The van der Waals surface area contributed by atoms with Crippen molar-refractivity contribution in [3.8, 4) is 11.3 Å². The zero-order valence-electron chi connectivity index (χ0n) is 13.3. The molecule has 1 aliphatic rings. The lowest BCUT2D eigenvalue weighted by Crippen LogP contribution is -2.47. The zero-order valence-corrected chi connectivity index (χ0v) is 13.3. The van der Waals surface area contributed by atoms with Gasteiger partial charge >= 0.3 is 0 Å². The molecule has 0 aliphatic carbocycles. The third-order valence-electron chi connectivity index (χ3n) is 4.24. The molecule has 1 aromatic heterocycles. The molecule has 1 aromatic carbocycles. The molecule has 5 heteroatoms. The number of piperazine rings is 1. The van der Waals surface area contributed by atoms with Gasteiger partial charge in [-0.2, -0.15) is 0 Å². The molecule has 3 rings (SSSR count). The van der Waals surface area contributed by atoms with Crippen molar-refractivity contribution in [3.63, 3.8) is 0 Å². The van der Waals surface area contributed by atoms with E-state index in [9.17, 15) is 9.18 Å². The largest absolute Gasteiger partial charge is 0.461 e. The van der Waals surface area contributed by atoms with E-state index in [0.29, 0.717) is 29.9 Å². The second-order valence-corrected chi connectivity index (χ2v) is 5.93. The van der Waals surface area contributed by atoms with E-state index in [0.717, 1.165) is 26.2 Å². The quantitative estimate of drug-likeness (QED) is 0.870. The summed E-state index contributed by atoms with van der Waals surface area (Å²) < 4.78 is 19.4. The predicted octanol–water partition coefficient (Wildman–Crippen LogP) is 2.79. The first-order valence-corrected chi connectivity index (χ1v) is 7.93. The highest BCUT2D eigenvalue weighted by atomic mass is 19.1. The standard InChI is InChI=1S/C18H21FN2O2/c1-20-10-12-21(13-11-20)18(22)9-7-14-6-8-17(23-14)15-4-2-3-5-16(15)19/h2-6,8H,7,9-13H2,1H3. The average molecular weight is 316 g/mol. The fourth-order valence-electron chi connectivity index (χ4n) is 2.76. The number of nitrogens with zero attached hydrogens (tertiary/aromatic N) is 2. The fourth-order valence-corrected chi connectivity index (χ4v) is 2.76. The van der Waals surface area contributed by atoms with E-state index in [-0.39, 0.29) is 11.7 Å². The van der Waals surface area contributed by atoms with Crippen LogP contribution in [0.1, 0.15) is 12.2 Å². The lowest BCUT2D eigenvalue weighted by Gasteiger charge is -2.32. The minimum atomic E-state index is -0.304. The molecule has 0 saturated carbocycles. The Balaban J connectivity index is 1.57. The van der Waals surface area contributed by atoms with E-state index in [1.165, 1.54) is 6.07 Å². The third-order valence-corrected chi connectivity index (χ3v) is 4.24. The summed E-state index contributed by atoms with van der Waals surface area (Å²) >= 11 is 0. The summed E-state index contributed by atoms with van der Waals surface area (Å²) in [4.78, 5) is 16.3. The van der Waals surface area contributed by atoms with E-state index < -0.39 is 0 Å². The Morgan fingerprint density at radius 1 is 1.13 bits per heavy atom. The number of hydrogen-bond donors (Lipinski definition) is 0. The molecule has 0 spiro atoms. The molecular formula is C18H21FN2O2. The van der Waals surface area contributed by atoms with Crippen LogP contribution < -0.4 is 0 Å². The van der Waals surface area contributed by atoms with Crippen molar-refractivity contribution >= 4 is 5.91 Å². The van der Waals surface area contributed by atoms with Crippen molar-refractivity contribution in [1.29, 1.82) is 0 Å². The summed E-state index contributed by atoms with van der Waals surface area (Å²) in [5.41, 5.74) is 0.448. The first-order chi connectivity index (χ1) is 11.1. The minimum absolute atomic E-state index is 0.155. The fraction of sp³-hybridized carbons (Fsp3) is 0.389. The van der Waals surface area contributed by atoms with Gasteiger partial charge in [0.25, 0.3) is 0 Å². The number of aryl methyl sites for hydroxylation is 1. The topological polar surface area (TPSA) is 36.7 Å². The highest BCUT2D eigenvalue weighted by Gasteiger charge is 2.19. The SMILES string of the molecule is CN1CCN(C(=O)CCc2ccc(-c3ccccc3F)o2)CC1. The Morgan fingerprint density at radius 2 is 1.87 bits per heavy atom. The Hall–Kier alpha value is -2.14. The van der Waals surface area contributed by atoms with Gasteiger partial charge in [0.15, 0.2) is 0 Å². The van der Waals surface area contributed by atoms with Crippen LogP contribution in [0, 0.1) is 5.82 Å². The van der Waals surface area contributed by atoms with Gasteiger partial charge in [-0.3, -0.25) is 4.79 Å². The van der Waals surface area contributed by atoms with Crippen molar-refractivity contribution in [2.75, 3.05) is 33.2 Å². The predicted molar refractivity (Wildman–Crippen MR) is 86.5 cm³/mol. The zero-order chi connectivity index (χ0) is 16.2. The van der Waals surface area contributed by atoms with E-state index in [1.807, 2.05) is 11.0 Å². The summed E-state index contributed by atoms with van der Waals surface area (Å²) in [6, 6.07) is 10.1. The molecule has 2 heterocycles. The Morgan fingerprint density at radius 3 is 2.61 bits per heavy atom. The van der Waals surface area contributed by atoms with Crippen LogP contribution in [0.4, 0.5) is 4.39 Å². The lowest BCUT2D eigenvalue weighted by atomic mass is 10.1. The van der Waals surface area contributed by atoms with Crippen LogP contribution in [0.3, 0.4) is 0 Å². The van der Waals surface area contributed by atoms with E-state index in [4.69, 9.17) is 4.42 Å². The van der Waals surface area contributed by atoms with Crippen LogP contribution in [0.15, 0.2) is 40.8 Å². The number of furan rings is 1. The Labute approximate surface area is 135 Å². The van der Waals surface area contributed by atoms with Crippen LogP contribution >= 0.6 is 0 Å². The van der Waals surface area contributed by atoms with Crippen LogP contribution in [0.25, 0.3) is 11.3 Å². The number of carbonyl (C=O) groups excluding carboxylic acids is 1. The first-order valence-electron chi connectivity index (χ1n) is 7.93. The molecule has 2 aromatic rings. The van der Waals surface area contributed by atoms with Gasteiger partial charge in [-0.1, -0.05) is 12.1 Å². The summed E-state index contributed by atoms with van der Waals surface area (Å²) in [7, 11) is 2.06. The van der Waals surface area contributed by atoms with Gasteiger partial charge in [-0.15, -0.1) is 0 Å². The molecule has 0 radical (unpaired) electrons. The van der Waals surface area contributed by atoms with Crippen LogP contribution in [-0.2, 0) is 11.2 Å². The Kier molecular flexibility index (Phi) is 4.76. The molecule has 1 fully saturated rings. The maximum absolute atomic E-state index is 13.7. The average Bonchev–Trinajstić information content (AvgIpc) is 3.02. The summed E-state index contributed by atoms with van der Waals surface area (Å²) in [6.07, 6.45) is 0.966. The number of rotatable bonds is 4. The van der Waals surface area contributed by atoms with Crippen molar-refractivity contribution in [2.24, 2.45) is 0 Å². The van der Waals surface area contributed by atoms with Crippen LogP contribution in [0.5, 0.6) is 0 Å². The molecule has 4 nitrogen and oxygen atoms in total. The van der Waals surface area contributed by atoms with Crippen molar-refractivity contribution in [1.82, 2.24) is 9.80 Å². The van der Waals surface area contributed by atoms with Crippen molar-refractivity contribution < 1.29 is 13.6 Å². The summed E-state index contributed by atoms with van der Waals surface area (Å²) in [5.74, 6) is 1.07. The van der Waals surface area contributed by atoms with Gasteiger partial charge < -0.3 is 14.2 Å². The molecule has 1 aliphatic heterocycles. The Bertz CT molecular complexity index is 675. The minimum Gasteiger partial charge on any atom is -0.461 e. The highest BCUT2D eigenvalue weighted by molar-refractivity contribution is 5.76. The number of likely N-dealkylation sites (N-methyl/N-ethyl adjacent to an activating group) is 1. The van der Waals surface area contributed by atoms with Crippen LogP contribution in [-0.4, -0.2) is 48.9 Å². The van der Waals surface area contributed by atoms with Gasteiger partial charge in [0, 0.05) is 39.0 Å². The second-order valence-electron chi connectivity index (χ2n) is 5.93. The van der Waals surface area contributed by atoms with Gasteiger partial charge in [0.2, 0.25) is 5.91 Å². The molecule has 23 heavy (non-hydrogen) atoms. The highest BCUT2D eigenvalue weighted by Crippen LogP contribution is 2.25. The maximum Gasteiger partial charge on any atom is 0.223 e. The lowest BCUT2D eigenvalue weighted by molar-refractivity contribution is -0.132. The van der Waals surface area contributed by atoms with Crippen molar-refractivity contribution in [3.05, 3.63) is 48.0 Å². The maximum atomic E-state index is 13.7. The van der Waals surface area contributed by atoms with E-state index in [2.05, 4.69) is 11.9 Å². The third kappa shape index (κ3) is 3.79. The second kappa shape index (κ2) is 6.96. The number of amides is 1. The molecule has 1 amide bonds. The van der Waals surface area contributed by atoms with Gasteiger partial charge in [0.1, 0.15) is 17.3 Å². The van der Waals surface area contributed by atoms with Gasteiger partial charge in [-0.25, -0.2) is 4.39 Å². The van der Waals surface area contributed by atoms with Gasteiger partial charge in [-0.05, 0) is 31.3 Å². The number of carbonyl (C=O) groups is 1. The molecule has 1 saturated heterocycles. The monoisotopic (exact) mass is 316 g/mol. The first kappa shape index (κ1) is 15.7. The summed E-state index contributed by atoms with van der Waals surface area (Å²) in [5, 5.41) is 0. The molecule has 0 N–H and O–H groups in total. The summed E-state index contributed by atoms with van der Waals surface area (Å²) in [6.45, 7) is 3.41. The van der Waals surface area contributed by atoms with Gasteiger partial charge in [0.05, 0.1) is 5.56 Å². The molecule has 0 atom stereocenters. The molecule has 122 valence electrons. The normalized spacial score (nSPS) is 15.8. The molecule has 0 unspecified atom stereocenters. The van der Waals surface area contributed by atoms with Crippen molar-refractivity contribution in [2.45, 2.75) is 12.8 Å². The molecule has 0 bridgehead atoms. The smallest absolute Gasteiger partial charge is 0.223 e. The van der Waals surface area contributed by atoms with Crippen LogP contribution in [0.2, 0.25) is 0 Å².